The molecule has 0 aliphatic rings. The molecule has 0 unspecified atom stereocenters. The Morgan fingerprint density at radius 3 is 2.44 bits per heavy atom. The van der Waals surface area contributed by atoms with E-state index in [4.69, 9.17) is 9.47 Å². The van der Waals surface area contributed by atoms with Gasteiger partial charge in [-0.15, -0.1) is 0 Å². The topological polar surface area (TPSA) is 61.6 Å². The smallest absolute Gasteiger partial charge is 1.00 e. The molecule has 0 saturated carbocycles. The summed E-state index contributed by atoms with van der Waals surface area (Å²) in [5.41, 5.74) is 0.685. The van der Waals surface area contributed by atoms with Crippen LogP contribution in [0.4, 0.5) is 0 Å². The molecule has 82 valence electrons. The second-order valence-electron chi connectivity index (χ2n) is 2.72. The molecule has 0 radical (unpaired) electrons. The van der Waals surface area contributed by atoms with Gasteiger partial charge in [0, 0.05) is 6.08 Å². The van der Waals surface area contributed by atoms with Crippen LogP contribution in [-0.4, -0.2) is 19.1 Å². The quantitative estimate of drug-likeness (QED) is 0.383. The number of ether oxygens (including phenoxy) is 2. The van der Waals surface area contributed by atoms with Crippen molar-refractivity contribution in [3.05, 3.63) is 40.1 Å². The standard InChI is InChI=1S/C10H11NO4.Na.H/c1-14-9-4-3-8(5-6-11(12)13)7-10(9)15-2;;/h3-7H,1-2H3;;/q;+1;-1. The molecule has 0 heterocycles. The second-order valence-corrected chi connectivity index (χ2v) is 2.72. The fourth-order valence-electron chi connectivity index (χ4n) is 1.10. The van der Waals surface area contributed by atoms with Crippen LogP contribution in [0.15, 0.2) is 24.4 Å². The molecule has 6 heteroatoms. The number of benzene rings is 1. The molecular formula is C10H12NNaO4. The predicted octanol–water partition coefficient (Wildman–Crippen LogP) is -0.932. The van der Waals surface area contributed by atoms with E-state index in [1.165, 1.54) is 20.3 Å². The summed E-state index contributed by atoms with van der Waals surface area (Å²) in [5.74, 6) is 1.14. The van der Waals surface area contributed by atoms with Gasteiger partial charge in [-0.3, -0.25) is 10.1 Å². The molecule has 0 aromatic heterocycles. The summed E-state index contributed by atoms with van der Waals surface area (Å²) in [6, 6.07) is 5.07. The van der Waals surface area contributed by atoms with Crippen molar-refractivity contribution >= 4 is 6.08 Å². The normalized spacial score (nSPS) is 9.62. The minimum Gasteiger partial charge on any atom is -1.00 e. The summed E-state index contributed by atoms with van der Waals surface area (Å²) in [4.78, 5) is 9.60. The first-order valence-electron chi connectivity index (χ1n) is 4.21. The van der Waals surface area contributed by atoms with Gasteiger partial charge in [-0.05, 0) is 17.7 Å². The molecule has 0 spiro atoms. The second kappa shape index (κ2) is 7.27. The minimum absolute atomic E-state index is 0. The van der Waals surface area contributed by atoms with Gasteiger partial charge in [0.25, 0.3) is 0 Å². The van der Waals surface area contributed by atoms with Crippen LogP contribution in [0, 0.1) is 10.1 Å². The number of hydrogen-bond donors (Lipinski definition) is 0. The Labute approximate surface area is 117 Å². The molecule has 1 aromatic carbocycles. The van der Waals surface area contributed by atoms with Crippen LogP contribution in [0.3, 0.4) is 0 Å². The minimum atomic E-state index is -0.517. The van der Waals surface area contributed by atoms with Crippen molar-refractivity contribution in [2.45, 2.75) is 0 Å². The van der Waals surface area contributed by atoms with Gasteiger partial charge in [0.15, 0.2) is 11.5 Å². The summed E-state index contributed by atoms with van der Waals surface area (Å²) in [5, 5.41) is 10.1. The molecule has 1 aromatic rings. The van der Waals surface area contributed by atoms with Gasteiger partial charge in [0.05, 0.1) is 19.1 Å². The van der Waals surface area contributed by atoms with Crippen LogP contribution in [0.25, 0.3) is 6.08 Å². The number of hydrogen-bond acceptors (Lipinski definition) is 4. The van der Waals surface area contributed by atoms with E-state index in [2.05, 4.69) is 0 Å². The van der Waals surface area contributed by atoms with E-state index in [1.807, 2.05) is 0 Å². The molecule has 0 atom stereocenters. The maximum Gasteiger partial charge on any atom is 1.00 e. The van der Waals surface area contributed by atoms with E-state index in [1.54, 1.807) is 18.2 Å². The van der Waals surface area contributed by atoms with E-state index in [9.17, 15) is 10.1 Å². The van der Waals surface area contributed by atoms with Gasteiger partial charge in [-0.2, -0.15) is 0 Å². The molecular weight excluding hydrogens is 221 g/mol. The van der Waals surface area contributed by atoms with E-state index < -0.39 is 4.92 Å². The third kappa shape index (κ3) is 4.22. The summed E-state index contributed by atoms with van der Waals surface area (Å²) >= 11 is 0. The predicted molar refractivity (Wildman–Crippen MR) is 56.7 cm³/mol. The third-order valence-corrected chi connectivity index (χ3v) is 1.80. The van der Waals surface area contributed by atoms with Crippen LogP contribution < -0.4 is 39.0 Å². The van der Waals surface area contributed by atoms with E-state index in [-0.39, 0.29) is 31.0 Å². The average molecular weight is 233 g/mol. The van der Waals surface area contributed by atoms with Crippen molar-refractivity contribution in [3.63, 3.8) is 0 Å². The van der Waals surface area contributed by atoms with E-state index >= 15 is 0 Å². The van der Waals surface area contributed by atoms with Crippen LogP contribution in [0.5, 0.6) is 11.5 Å². The Morgan fingerprint density at radius 2 is 1.94 bits per heavy atom. The third-order valence-electron chi connectivity index (χ3n) is 1.80. The number of methoxy groups -OCH3 is 2. The Bertz CT molecular complexity index is 398. The molecule has 16 heavy (non-hydrogen) atoms. The molecule has 0 aliphatic carbocycles. The summed E-state index contributed by atoms with van der Waals surface area (Å²) in [6.07, 6.45) is 2.27. The first kappa shape index (κ1) is 15.0. The molecule has 1 rings (SSSR count). The van der Waals surface area contributed by atoms with E-state index in [0.717, 1.165) is 6.20 Å². The molecule has 5 nitrogen and oxygen atoms in total. The molecule has 0 amide bonds. The van der Waals surface area contributed by atoms with Gasteiger partial charge in [-0.25, -0.2) is 0 Å². The zero-order valence-electron chi connectivity index (χ0n) is 10.5. The van der Waals surface area contributed by atoms with Gasteiger partial charge in [-0.1, -0.05) is 6.07 Å². The number of nitrogens with zero attached hydrogens (tertiary/aromatic N) is 1. The maximum atomic E-state index is 10.1. The zero-order chi connectivity index (χ0) is 11.3. The SMILES string of the molecule is COc1ccc(C=C[N+](=O)[O-])cc1OC.[H-].[Na+]. The maximum absolute atomic E-state index is 10.1. The Kier molecular flexibility index (Phi) is 6.80. The van der Waals surface area contributed by atoms with Crippen molar-refractivity contribution in [2.75, 3.05) is 14.2 Å². The molecule has 0 N–H and O–H groups in total. The van der Waals surface area contributed by atoms with Gasteiger partial charge in [0.2, 0.25) is 6.20 Å². The Hall–Kier alpha value is -1.04. The van der Waals surface area contributed by atoms with Crippen LogP contribution in [0.1, 0.15) is 6.99 Å². The van der Waals surface area contributed by atoms with Crippen molar-refractivity contribution in [2.24, 2.45) is 0 Å². The Morgan fingerprint density at radius 1 is 1.31 bits per heavy atom. The largest absolute Gasteiger partial charge is 1.00 e. The molecule has 0 aliphatic heterocycles. The fraction of sp³-hybridized carbons (Fsp3) is 0.200. The summed E-state index contributed by atoms with van der Waals surface area (Å²) < 4.78 is 10.1. The summed E-state index contributed by atoms with van der Waals surface area (Å²) in [7, 11) is 3.04. The van der Waals surface area contributed by atoms with Crippen molar-refractivity contribution in [3.8, 4) is 11.5 Å². The van der Waals surface area contributed by atoms with Crippen molar-refractivity contribution < 1.29 is 45.4 Å². The summed E-state index contributed by atoms with van der Waals surface area (Å²) in [6.45, 7) is 0. The molecule has 0 saturated heterocycles. The van der Waals surface area contributed by atoms with Crippen LogP contribution in [-0.2, 0) is 0 Å². The molecule has 0 fully saturated rings. The van der Waals surface area contributed by atoms with Gasteiger partial charge < -0.3 is 10.9 Å². The average Bonchev–Trinajstić information content (AvgIpc) is 2.25. The first-order valence-corrected chi connectivity index (χ1v) is 4.21. The zero-order valence-corrected chi connectivity index (χ0v) is 11.5. The van der Waals surface area contributed by atoms with Crippen LogP contribution in [0.2, 0.25) is 0 Å². The van der Waals surface area contributed by atoms with Crippen molar-refractivity contribution in [1.82, 2.24) is 0 Å². The fourth-order valence-corrected chi connectivity index (χ4v) is 1.10. The van der Waals surface area contributed by atoms with Gasteiger partial charge in [0.1, 0.15) is 0 Å². The Balaban J connectivity index is 0. The van der Waals surface area contributed by atoms with E-state index in [0.29, 0.717) is 17.1 Å². The van der Waals surface area contributed by atoms with Crippen LogP contribution >= 0.6 is 0 Å². The van der Waals surface area contributed by atoms with Gasteiger partial charge >= 0.3 is 29.6 Å². The number of rotatable bonds is 4. The monoisotopic (exact) mass is 233 g/mol. The van der Waals surface area contributed by atoms with Crippen molar-refractivity contribution in [1.29, 1.82) is 0 Å². The molecule has 0 bridgehead atoms. The first-order chi connectivity index (χ1) is 7.17. The number of nitro groups is 1.